The highest BCUT2D eigenvalue weighted by molar-refractivity contribution is 5.69. The molecular weight excluding hydrogens is 404 g/mol. The lowest BCUT2D eigenvalue weighted by atomic mass is 10.1. The van der Waals surface area contributed by atoms with Crippen LogP contribution in [0.25, 0.3) is 0 Å². The molecule has 0 spiro atoms. The number of ether oxygens (including phenoxy) is 3. The van der Waals surface area contributed by atoms with E-state index in [0.717, 1.165) is 49.1 Å². The van der Waals surface area contributed by atoms with Crippen LogP contribution in [-0.2, 0) is 11.2 Å². The summed E-state index contributed by atoms with van der Waals surface area (Å²) >= 11 is 0. The molecule has 1 atom stereocenters. The molecule has 0 saturated carbocycles. The summed E-state index contributed by atoms with van der Waals surface area (Å²) in [6.07, 6.45) is 4.38. The molecule has 7 nitrogen and oxygen atoms in total. The van der Waals surface area contributed by atoms with Crippen LogP contribution in [-0.4, -0.2) is 48.9 Å². The lowest BCUT2D eigenvalue weighted by molar-refractivity contribution is 0.0989. The van der Waals surface area contributed by atoms with Crippen molar-refractivity contribution in [2.45, 2.75) is 26.3 Å². The molecule has 1 saturated heterocycles. The van der Waals surface area contributed by atoms with Gasteiger partial charge in [0, 0.05) is 24.3 Å². The Hall–Kier alpha value is -3.32. The molecule has 0 N–H and O–H groups in total. The first-order valence-electron chi connectivity index (χ1n) is 11.2. The van der Waals surface area contributed by atoms with Gasteiger partial charge in [0.05, 0.1) is 37.8 Å². The topological polar surface area (TPSA) is 60.0 Å². The molecular formula is C25H28N4O3. The molecule has 32 heavy (non-hydrogen) atoms. The van der Waals surface area contributed by atoms with Gasteiger partial charge in [0.2, 0.25) is 5.95 Å². The van der Waals surface area contributed by atoms with Crippen molar-refractivity contribution in [3.8, 4) is 17.2 Å². The Balaban J connectivity index is 1.33. The van der Waals surface area contributed by atoms with Crippen molar-refractivity contribution >= 4 is 17.3 Å². The molecule has 0 bridgehead atoms. The number of rotatable bonds is 5. The van der Waals surface area contributed by atoms with Crippen LogP contribution in [0.3, 0.4) is 0 Å². The molecule has 166 valence electrons. The summed E-state index contributed by atoms with van der Waals surface area (Å²) in [6, 6.07) is 14.7. The SMILES string of the molecule is CCc1cccc2c1OCCN2c1ncc(Oc2cccc(N3CCOC[C@H]3C)c2)cn1. The summed E-state index contributed by atoms with van der Waals surface area (Å²) in [5.41, 5.74) is 3.34. The predicted molar refractivity (Wildman–Crippen MR) is 124 cm³/mol. The van der Waals surface area contributed by atoms with E-state index in [1.165, 1.54) is 5.56 Å². The molecule has 2 aromatic carbocycles. The van der Waals surface area contributed by atoms with Crippen molar-refractivity contribution < 1.29 is 14.2 Å². The van der Waals surface area contributed by atoms with Crippen molar-refractivity contribution in [1.82, 2.24) is 9.97 Å². The first-order valence-corrected chi connectivity index (χ1v) is 11.2. The third-order valence-electron chi connectivity index (χ3n) is 5.92. The van der Waals surface area contributed by atoms with Crippen LogP contribution in [0.15, 0.2) is 54.9 Å². The maximum atomic E-state index is 6.07. The predicted octanol–water partition coefficient (Wildman–Crippen LogP) is 4.59. The van der Waals surface area contributed by atoms with Gasteiger partial charge in [0.15, 0.2) is 5.75 Å². The number of fused-ring (bicyclic) bond motifs is 1. The molecule has 0 unspecified atom stereocenters. The number of anilines is 3. The molecule has 1 aromatic heterocycles. The molecule has 0 aliphatic carbocycles. The maximum Gasteiger partial charge on any atom is 0.230 e. The van der Waals surface area contributed by atoms with Gasteiger partial charge in [-0.15, -0.1) is 0 Å². The summed E-state index contributed by atoms with van der Waals surface area (Å²) in [6.45, 7) is 7.99. The second kappa shape index (κ2) is 9.04. The number of para-hydroxylation sites is 1. The summed E-state index contributed by atoms with van der Waals surface area (Å²) in [5, 5.41) is 0. The third kappa shape index (κ3) is 4.08. The zero-order valence-corrected chi connectivity index (χ0v) is 18.5. The van der Waals surface area contributed by atoms with Gasteiger partial charge in [0.1, 0.15) is 18.1 Å². The molecule has 0 amide bonds. The fourth-order valence-corrected chi connectivity index (χ4v) is 4.27. The van der Waals surface area contributed by atoms with E-state index in [0.29, 0.717) is 30.9 Å². The molecule has 7 heteroatoms. The maximum absolute atomic E-state index is 6.07. The number of hydrogen-bond donors (Lipinski definition) is 0. The summed E-state index contributed by atoms with van der Waals surface area (Å²) < 4.78 is 17.6. The Bertz CT molecular complexity index is 1070. The Morgan fingerprint density at radius 1 is 1.03 bits per heavy atom. The minimum absolute atomic E-state index is 0.339. The highest BCUT2D eigenvalue weighted by atomic mass is 16.5. The van der Waals surface area contributed by atoms with Crippen LogP contribution in [0.4, 0.5) is 17.3 Å². The quantitative estimate of drug-likeness (QED) is 0.584. The highest BCUT2D eigenvalue weighted by Gasteiger charge is 2.23. The number of benzene rings is 2. The minimum atomic E-state index is 0.339. The zero-order chi connectivity index (χ0) is 21.9. The van der Waals surface area contributed by atoms with E-state index >= 15 is 0 Å². The van der Waals surface area contributed by atoms with Crippen LogP contribution in [0.2, 0.25) is 0 Å². The normalized spacial score (nSPS) is 18.1. The Kier molecular flexibility index (Phi) is 5.81. The van der Waals surface area contributed by atoms with E-state index in [-0.39, 0.29) is 0 Å². The van der Waals surface area contributed by atoms with Crippen LogP contribution >= 0.6 is 0 Å². The second-order valence-corrected chi connectivity index (χ2v) is 8.05. The molecule has 2 aliphatic rings. The minimum Gasteiger partial charge on any atom is -0.489 e. The van der Waals surface area contributed by atoms with E-state index in [4.69, 9.17) is 14.2 Å². The van der Waals surface area contributed by atoms with Gasteiger partial charge < -0.3 is 24.0 Å². The largest absolute Gasteiger partial charge is 0.489 e. The van der Waals surface area contributed by atoms with E-state index in [9.17, 15) is 0 Å². The Morgan fingerprint density at radius 2 is 1.88 bits per heavy atom. The zero-order valence-electron chi connectivity index (χ0n) is 18.5. The van der Waals surface area contributed by atoms with E-state index in [1.54, 1.807) is 12.4 Å². The summed E-state index contributed by atoms with van der Waals surface area (Å²) in [4.78, 5) is 13.6. The lowest BCUT2D eigenvalue weighted by Crippen LogP contribution is -2.43. The number of hydrogen-bond acceptors (Lipinski definition) is 7. The number of aryl methyl sites for hydroxylation is 1. The van der Waals surface area contributed by atoms with Crippen LogP contribution in [0.5, 0.6) is 17.2 Å². The van der Waals surface area contributed by atoms with Gasteiger partial charge >= 0.3 is 0 Å². The number of aromatic nitrogens is 2. The smallest absolute Gasteiger partial charge is 0.230 e. The Morgan fingerprint density at radius 3 is 2.69 bits per heavy atom. The van der Waals surface area contributed by atoms with Gasteiger partial charge in [-0.25, -0.2) is 9.97 Å². The highest BCUT2D eigenvalue weighted by Crippen LogP contribution is 2.38. The average Bonchev–Trinajstić information content (AvgIpc) is 2.84. The van der Waals surface area contributed by atoms with E-state index in [1.807, 2.05) is 12.1 Å². The molecule has 2 aliphatic heterocycles. The average molecular weight is 433 g/mol. The monoisotopic (exact) mass is 432 g/mol. The van der Waals surface area contributed by atoms with E-state index in [2.05, 4.69) is 63.9 Å². The van der Waals surface area contributed by atoms with Gasteiger partial charge in [-0.2, -0.15) is 0 Å². The van der Waals surface area contributed by atoms with Crippen molar-refractivity contribution in [3.05, 3.63) is 60.4 Å². The summed E-state index contributed by atoms with van der Waals surface area (Å²) in [5.74, 6) is 2.95. The van der Waals surface area contributed by atoms with E-state index < -0.39 is 0 Å². The van der Waals surface area contributed by atoms with Crippen molar-refractivity contribution in [2.24, 2.45) is 0 Å². The van der Waals surface area contributed by atoms with Crippen LogP contribution in [0.1, 0.15) is 19.4 Å². The summed E-state index contributed by atoms with van der Waals surface area (Å²) in [7, 11) is 0. The van der Waals surface area contributed by atoms with Crippen molar-refractivity contribution in [3.63, 3.8) is 0 Å². The number of nitrogens with zero attached hydrogens (tertiary/aromatic N) is 4. The first-order chi connectivity index (χ1) is 15.7. The molecule has 5 rings (SSSR count). The fraction of sp³-hybridized carbons (Fsp3) is 0.360. The fourth-order valence-electron chi connectivity index (χ4n) is 4.27. The standard InChI is InChI=1S/C25H28N4O3/c1-3-19-6-4-9-23-24(19)31-13-11-29(23)25-26-15-22(16-27-25)32-21-8-5-7-20(14-21)28-10-12-30-17-18(28)2/h4-9,14-16,18H,3,10-13,17H2,1-2H3/t18-/m1/s1. The lowest BCUT2D eigenvalue weighted by Gasteiger charge is -2.35. The first kappa shape index (κ1) is 20.6. The third-order valence-corrected chi connectivity index (χ3v) is 5.92. The number of morpholine rings is 1. The van der Waals surface area contributed by atoms with Gasteiger partial charge in [-0.1, -0.05) is 25.1 Å². The molecule has 0 radical (unpaired) electrons. The molecule has 3 heterocycles. The second-order valence-electron chi connectivity index (χ2n) is 8.05. The molecule has 3 aromatic rings. The van der Waals surface area contributed by atoms with Crippen LogP contribution in [0, 0.1) is 0 Å². The van der Waals surface area contributed by atoms with Gasteiger partial charge in [-0.05, 0) is 37.1 Å². The Labute approximate surface area is 188 Å². The molecule has 1 fully saturated rings. The van der Waals surface area contributed by atoms with Gasteiger partial charge in [-0.3, -0.25) is 0 Å². The van der Waals surface area contributed by atoms with Crippen molar-refractivity contribution in [1.29, 1.82) is 0 Å². The van der Waals surface area contributed by atoms with Crippen molar-refractivity contribution in [2.75, 3.05) is 42.7 Å². The van der Waals surface area contributed by atoms with Gasteiger partial charge in [0.25, 0.3) is 0 Å². The van der Waals surface area contributed by atoms with Crippen LogP contribution < -0.4 is 19.3 Å².